The minimum absolute atomic E-state index is 0.0873. The zero-order chi connectivity index (χ0) is 26.5. The van der Waals surface area contributed by atoms with Crippen LogP contribution in [-0.4, -0.2) is 45.1 Å². The molecule has 3 amide bonds. The fourth-order valence-electron chi connectivity index (χ4n) is 3.14. The van der Waals surface area contributed by atoms with Crippen molar-refractivity contribution in [1.29, 1.82) is 0 Å². The van der Waals surface area contributed by atoms with Gasteiger partial charge in [-0.1, -0.05) is 6.07 Å². The number of nitrogens with zero attached hydrogens (tertiary/aromatic N) is 3. The zero-order valence-corrected chi connectivity index (χ0v) is 20.6. The number of aromatic nitrogens is 2. The minimum atomic E-state index is -0.826. The Balaban J connectivity index is 1.49. The molecule has 13 heteroatoms. The van der Waals surface area contributed by atoms with E-state index in [9.17, 15) is 23.2 Å². The van der Waals surface area contributed by atoms with Gasteiger partial charge in [0.15, 0.2) is 11.5 Å². The third kappa shape index (κ3) is 6.40. The summed E-state index contributed by atoms with van der Waals surface area (Å²) in [6, 6.07) is 9.64. The van der Waals surface area contributed by atoms with E-state index >= 15 is 0 Å². The Morgan fingerprint density at radius 3 is 2.65 bits per heavy atom. The number of amides is 3. The molecule has 1 aliphatic rings. The van der Waals surface area contributed by atoms with Crippen LogP contribution in [0.25, 0.3) is 6.08 Å². The molecular formula is C24H17ClF2N4O5S. The van der Waals surface area contributed by atoms with Gasteiger partial charge in [0.25, 0.3) is 17.0 Å². The van der Waals surface area contributed by atoms with E-state index in [-0.39, 0.29) is 28.3 Å². The first-order valence-electron chi connectivity index (χ1n) is 10.7. The van der Waals surface area contributed by atoms with Gasteiger partial charge in [-0.05, 0) is 78.3 Å². The second-order valence-electron chi connectivity index (χ2n) is 7.36. The van der Waals surface area contributed by atoms with Crippen LogP contribution in [-0.2, 0) is 9.59 Å². The predicted octanol–water partition coefficient (Wildman–Crippen LogP) is 5.27. The third-order valence-corrected chi connectivity index (χ3v) is 5.85. The number of thioether (sulfide) groups is 1. The number of benzene rings is 2. The van der Waals surface area contributed by atoms with Gasteiger partial charge in [0.2, 0.25) is 17.0 Å². The van der Waals surface area contributed by atoms with Gasteiger partial charge < -0.3 is 14.8 Å². The summed E-state index contributed by atoms with van der Waals surface area (Å²) >= 11 is 6.38. The molecule has 4 rings (SSSR count). The summed E-state index contributed by atoms with van der Waals surface area (Å²) in [6.07, 6.45) is 2.33. The molecule has 0 unspecified atom stereocenters. The molecule has 0 saturated carbocycles. The van der Waals surface area contributed by atoms with Crippen molar-refractivity contribution in [2.75, 3.05) is 18.5 Å². The molecule has 0 bridgehead atoms. The van der Waals surface area contributed by atoms with Crippen molar-refractivity contribution >= 4 is 52.2 Å². The number of imide groups is 1. The molecule has 0 aliphatic carbocycles. The fraction of sp³-hybridized carbons (Fsp3) is 0.125. The van der Waals surface area contributed by atoms with Crippen LogP contribution in [0.15, 0.2) is 53.6 Å². The molecule has 2 aromatic carbocycles. The summed E-state index contributed by atoms with van der Waals surface area (Å²) < 4.78 is 38.1. The molecule has 0 atom stereocenters. The average molecular weight is 547 g/mol. The summed E-state index contributed by atoms with van der Waals surface area (Å²) in [6.45, 7) is 1.48. The van der Waals surface area contributed by atoms with E-state index in [1.165, 1.54) is 42.5 Å². The molecule has 190 valence electrons. The number of hydrogen-bond donors (Lipinski definition) is 1. The van der Waals surface area contributed by atoms with E-state index in [0.29, 0.717) is 23.0 Å². The first-order chi connectivity index (χ1) is 17.7. The Morgan fingerprint density at radius 1 is 1.16 bits per heavy atom. The first kappa shape index (κ1) is 26.0. The zero-order valence-electron chi connectivity index (χ0n) is 19.0. The maximum absolute atomic E-state index is 14.0. The van der Waals surface area contributed by atoms with Crippen LogP contribution in [0.2, 0.25) is 5.28 Å². The summed E-state index contributed by atoms with van der Waals surface area (Å²) in [4.78, 5) is 45.6. The number of anilines is 1. The van der Waals surface area contributed by atoms with Gasteiger partial charge in [-0.25, -0.2) is 9.37 Å². The van der Waals surface area contributed by atoms with E-state index in [1.807, 2.05) is 0 Å². The van der Waals surface area contributed by atoms with Gasteiger partial charge in [-0.2, -0.15) is 9.37 Å². The van der Waals surface area contributed by atoms with Crippen molar-refractivity contribution in [2.45, 2.75) is 6.92 Å². The van der Waals surface area contributed by atoms with Gasteiger partial charge in [-0.3, -0.25) is 19.3 Å². The Labute approximate surface area is 218 Å². The molecule has 3 aromatic rings. The summed E-state index contributed by atoms with van der Waals surface area (Å²) in [5.74, 6) is -2.59. The Kier molecular flexibility index (Phi) is 7.99. The topological polar surface area (TPSA) is 111 Å². The Bertz CT molecular complexity index is 1400. The predicted molar refractivity (Wildman–Crippen MR) is 132 cm³/mol. The van der Waals surface area contributed by atoms with E-state index in [0.717, 1.165) is 11.1 Å². The largest absolute Gasteiger partial charge is 0.490 e. The highest BCUT2D eigenvalue weighted by atomic mass is 35.5. The fourth-order valence-corrected chi connectivity index (χ4v) is 4.10. The summed E-state index contributed by atoms with van der Waals surface area (Å²) in [7, 11) is 0. The van der Waals surface area contributed by atoms with Crippen LogP contribution >= 0.6 is 23.4 Å². The summed E-state index contributed by atoms with van der Waals surface area (Å²) in [5.41, 5.74) is 0.807. The molecule has 1 aromatic heterocycles. The lowest BCUT2D eigenvalue weighted by Gasteiger charge is -2.13. The van der Waals surface area contributed by atoms with E-state index in [4.69, 9.17) is 21.1 Å². The van der Waals surface area contributed by atoms with Crippen LogP contribution in [0.5, 0.6) is 17.4 Å². The van der Waals surface area contributed by atoms with Crippen molar-refractivity contribution in [1.82, 2.24) is 14.9 Å². The maximum Gasteiger partial charge on any atom is 0.294 e. The highest BCUT2D eigenvalue weighted by Gasteiger charge is 2.36. The molecule has 37 heavy (non-hydrogen) atoms. The van der Waals surface area contributed by atoms with Crippen molar-refractivity contribution in [3.8, 4) is 17.4 Å². The molecular weight excluding hydrogens is 530 g/mol. The Hall–Kier alpha value is -4.03. The SMILES string of the molecule is CCOc1cc(C=C2SC(=O)N(CC(=O)Nc3ccc(F)cc3)C2=O)ccc1Oc1nc(Cl)ncc1F. The van der Waals surface area contributed by atoms with Gasteiger partial charge >= 0.3 is 0 Å². The Morgan fingerprint density at radius 2 is 1.92 bits per heavy atom. The number of carbonyl (C=O) groups excluding carboxylic acids is 3. The monoisotopic (exact) mass is 546 g/mol. The highest BCUT2D eigenvalue weighted by molar-refractivity contribution is 8.18. The van der Waals surface area contributed by atoms with E-state index in [1.54, 1.807) is 13.0 Å². The normalized spacial score (nSPS) is 14.3. The number of hydrogen-bond acceptors (Lipinski definition) is 8. The molecule has 1 aliphatic heterocycles. The van der Waals surface area contributed by atoms with Crippen molar-refractivity contribution in [3.05, 3.63) is 76.0 Å². The average Bonchev–Trinajstić information content (AvgIpc) is 3.11. The van der Waals surface area contributed by atoms with Crippen LogP contribution in [0, 0.1) is 11.6 Å². The van der Waals surface area contributed by atoms with Crippen molar-refractivity contribution < 1.29 is 32.6 Å². The second-order valence-corrected chi connectivity index (χ2v) is 8.69. The standard InChI is InChI=1S/C24H17ClF2N4O5S/c1-2-35-18-9-13(3-8-17(18)36-21-16(27)11-28-23(25)30-21)10-19-22(33)31(24(34)37-19)12-20(32)29-15-6-4-14(26)5-7-15/h3-11H,2,12H2,1H3,(H,29,32). The van der Waals surface area contributed by atoms with Gasteiger partial charge in [0.1, 0.15) is 12.4 Å². The molecule has 0 radical (unpaired) electrons. The lowest BCUT2D eigenvalue weighted by Crippen LogP contribution is -2.36. The van der Waals surface area contributed by atoms with E-state index in [2.05, 4.69) is 15.3 Å². The lowest BCUT2D eigenvalue weighted by atomic mass is 10.2. The highest BCUT2D eigenvalue weighted by Crippen LogP contribution is 2.36. The number of carbonyl (C=O) groups is 3. The molecule has 1 fully saturated rings. The molecule has 1 N–H and O–H groups in total. The second kappa shape index (κ2) is 11.4. The number of ether oxygens (including phenoxy) is 2. The van der Waals surface area contributed by atoms with Crippen molar-refractivity contribution in [3.63, 3.8) is 0 Å². The van der Waals surface area contributed by atoms with Crippen LogP contribution in [0.3, 0.4) is 0 Å². The van der Waals surface area contributed by atoms with Crippen molar-refractivity contribution in [2.24, 2.45) is 0 Å². The quantitative estimate of drug-likeness (QED) is 0.300. The van der Waals surface area contributed by atoms with Crippen LogP contribution in [0.1, 0.15) is 12.5 Å². The number of rotatable bonds is 8. The molecule has 1 saturated heterocycles. The minimum Gasteiger partial charge on any atom is -0.490 e. The lowest BCUT2D eigenvalue weighted by molar-refractivity contribution is -0.127. The van der Waals surface area contributed by atoms with Gasteiger partial charge in [0.05, 0.1) is 17.7 Å². The number of halogens is 3. The van der Waals surface area contributed by atoms with Crippen LogP contribution < -0.4 is 14.8 Å². The molecule has 2 heterocycles. The molecule has 9 nitrogen and oxygen atoms in total. The smallest absolute Gasteiger partial charge is 0.294 e. The van der Waals surface area contributed by atoms with Crippen LogP contribution in [0.4, 0.5) is 19.3 Å². The van der Waals surface area contributed by atoms with E-state index < -0.39 is 41.1 Å². The summed E-state index contributed by atoms with van der Waals surface area (Å²) in [5, 5.41) is 1.68. The molecule has 0 spiro atoms. The van der Waals surface area contributed by atoms with Gasteiger partial charge in [-0.15, -0.1) is 0 Å². The number of nitrogens with one attached hydrogen (secondary N) is 1. The third-order valence-electron chi connectivity index (χ3n) is 4.76. The van der Waals surface area contributed by atoms with Gasteiger partial charge in [0, 0.05) is 5.69 Å². The first-order valence-corrected chi connectivity index (χ1v) is 11.9. The maximum atomic E-state index is 14.0.